The van der Waals surface area contributed by atoms with Crippen LogP contribution in [0.1, 0.15) is 24.5 Å². The Kier molecular flexibility index (Phi) is 4.61. The molecule has 0 unspecified atom stereocenters. The van der Waals surface area contributed by atoms with Gasteiger partial charge in [0, 0.05) is 17.5 Å². The lowest BCUT2D eigenvalue weighted by molar-refractivity contribution is 0.128. The molecule has 1 atom stereocenters. The Labute approximate surface area is 120 Å². The summed E-state index contributed by atoms with van der Waals surface area (Å²) < 4.78 is 0. The summed E-state index contributed by atoms with van der Waals surface area (Å²) in [5, 5.41) is 10.2. The topological polar surface area (TPSA) is 20.2 Å². The Morgan fingerprint density at radius 3 is 1.90 bits per heavy atom. The Balaban J connectivity index is 2.02. The van der Waals surface area contributed by atoms with E-state index < -0.39 is 5.60 Å². The molecule has 0 fully saturated rings. The van der Waals surface area contributed by atoms with E-state index in [0.29, 0.717) is 6.42 Å². The van der Waals surface area contributed by atoms with Crippen molar-refractivity contribution in [3.63, 3.8) is 0 Å². The molecule has 0 radical (unpaired) electrons. The molecular weight excluding hydrogens is 244 g/mol. The number of benzene rings is 2. The summed E-state index contributed by atoms with van der Waals surface area (Å²) >= 11 is 0. The second kappa shape index (κ2) is 6.62. The number of rotatable bonds is 1. The fourth-order valence-corrected chi connectivity index (χ4v) is 1.61. The normalized spacial score (nSPS) is 12.3. The van der Waals surface area contributed by atoms with Crippen LogP contribution in [-0.2, 0) is 0 Å². The van der Waals surface area contributed by atoms with Gasteiger partial charge in [0.25, 0.3) is 0 Å². The molecule has 0 spiro atoms. The Morgan fingerprint density at radius 1 is 0.850 bits per heavy atom. The summed E-state index contributed by atoms with van der Waals surface area (Å²) in [6.07, 6.45) is 0.321. The lowest BCUT2D eigenvalue weighted by atomic mass is 10.0. The summed E-state index contributed by atoms with van der Waals surface area (Å²) in [4.78, 5) is 0. The van der Waals surface area contributed by atoms with Gasteiger partial charge in [-0.15, -0.1) is 0 Å². The van der Waals surface area contributed by atoms with Crippen LogP contribution in [0.2, 0.25) is 0 Å². The van der Waals surface area contributed by atoms with Gasteiger partial charge in [-0.2, -0.15) is 0 Å². The Hall–Kier alpha value is -2.48. The second-order valence-corrected chi connectivity index (χ2v) is 4.73. The predicted octanol–water partition coefficient (Wildman–Crippen LogP) is 3.23. The van der Waals surface area contributed by atoms with E-state index in [4.69, 9.17) is 0 Å². The van der Waals surface area contributed by atoms with Crippen molar-refractivity contribution in [1.82, 2.24) is 0 Å². The molecule has 0 saturated heterocycles. The maximum Gasteiger partial charge on any atom is 0.133 e. The van der Waals surface area contributed by atoms with Crippen LogP contribution < -0.4 is 0 Å². The van der Waals surface area contributed by atoms with Crippen molar-refractivity contribution in [3.8, 4) is 23.7 Å². The molecule has 0 amide bonds. The standard InChI is InChI=1S/C19H16O/c1-19(20,16-14-18-11-6-3-7-12-18)15-8-13-17-9-4-2-5-10-17/h2-7,9-12,20H,15H2,1H3/t19-/m1/s1. The van der Waals surface area contributed by atoms with E-state index in [0.717, 1.165) is 11.1 Å². The summed E-state index contributed by atoms with van der Waals surface area (Å²) in [6, 6.07) is 19.3. The lowest BCUT2D eigenvalue weighted by Crippen LogP contribution is -2.20. The van der Waals surface area contributed by atoms with E-state index in [1.165, 1.54) is 0 Å². The molecule has 2 aromatic carbocycles. The molecule has 0 aliphatic heterocycles. The van der Waals surface area contributed by atoms with Gasteiger partial charge in [-0.1, -0.05) is 60.1 Å². The summed E-state index contributed by atoms with van der Waals surface area (Å²) in [6.45, 7) is 1.68. The number of hydrogen-bond donors (Lipinski definition) is 1. The van der Waals surface area contributed by atoms with Gasteiger partial charge in [0.05, 0.1) is 0 Å². The molecule has 1 heteroatoms. The van der Waals surface area contributed by atoms with E-state index in [1.807, 2.05) is 60.7 Å². The van der Waals surface area contributed by atoms with Gasteiger partial charge in [-0.3, -0.25) is 0 Å². The lowest BCUT2D eigenvalue weighted by Gasteiger charge is -2.11. The highest BCUT2D eigenvalue weighted by atomic mass is 16.3. The largest absolute Gasteiger partial charge is 0.377 e. The first-order valence-corrected chi connectivity index (χ1v) is 6.50. The highest BCUT2D eigenvalue weighted by Gasteiger charge is 2.14. The summed E-state index contributed by atoms with van der Waals surface area (Å²) in [5.74, 6) is 11.8. The average Bonchev–Trinajstić information content (AvgIpc) is 2.47. The molecule has 98 valence electrons. The van der Waals surface area contributed by atoms with Crippen LogP contribution in [0.15, 0.2) is 60.7 Å². The second-order valence-electron chi connectivity index (χ2n) is 4.73. The van der Waals surface area contributed by atoms with Gasteiger partial charge in [0.1, 0.15) is 5.60 Å². The summed E-state index contributed by atoms with van der Waals surface area (Å²) in [7, 11) is 0. The molecule has 1 nitrogen and oxygen atoms in total. The van der Waals surface area contributed by atoms with E-state index in [9.17, 15) is 5.11 Å². The van der Waals surface area contributed by atoms with Gasteiger partial charge < -0.3 is 5.11 Å². The van der Waals surface area contributed by atoms with Gasteiger partial charge >= 0.3 is 0 Å². The fraction of sp³-hybridized carbons (Fsp3) is 0.158. The van der Waals surface area contributed by atoms with Crippen LogP contribution in [0.25, 0.3) is 0 Å². The SMILES string of the molecule is C[C@](O)(C#Cc1ccccc1)CC#Cc1ccccc1. The van der Waals surface area contributed by atoms with Crippen molar-refractivity contribution in [2.24, 2.45) is 0 Å². The van der Waals surface area contributed by atoms with Crippen LogP contribution in [-0.4, -0.2) is 10.7 Å². The van der Waals surface area contributed by atoms with E-state index >= 15 is 0 Å². The van der Waals surface area contributed by atoms with Gasteiger partial charge in [-0.25, -0.2) is 0 Å². The van der Waals surface area contributed by atoms with Crippen LogP contribution in [0, 0.1) is 23.7 Å². The van der Waals surface area contributed by atoms with Crippen molar-refractivity contribution in [2.75, 3.05) is 0 Å². The van der Waals surface area contributed by atoms with Gasteiger partial charge in [0.15, 0.2) is 0 Å². The zero-order chi connectivity index (χ0) is 14.3. The molecule has 2 rings (SSSR count). The quantitative estimate of drug-likeness (QED) is 0.780. The maximum absolute atomic E-state index is 10.2. The molecule has 2 aromatic rings. The molecular formula is C19H16O. The Morgan fingerprint density at radius 2 is 1.35 bits per heavy atom. The van der Waals surface area contributed by atoms with E-state index in [2.05, 4.69) is 23.7 Å². The minimum atomic E-state index is -1.10. The third-order valence-corrected chi connectivity index (χ3v) is 2.69. The molecule has 0 saturated carbocycles. The predicted molar refractivity (Wildman–Crippen MR) is 81.9 cm³/mol. The van der Waals surface area contributed by atoms with E-state index in [1.54, 1.807) is 6.92 Å². The van der Waals surface area contributed by atoms with Crippen LogP contribution in [0.4, 0.5) is 0 Å². The van der Waals surface area contributed by atoms with Crippen LogP contribution in [0.5, 0.6) is 0 Å². The smallest absolute Gasteiger partial charge is 0.133 e. The monoisotopic (exact) mass is 260 g/mol. The zero-order valence-electron chi connectivity index (χ0n) is 11.4. The van der Waals surface area contributed by atoms with Crippen molar-refractivity contribution in [1.29, 1.82) is 0 Å². The van der Waals surface area contributed by atoms with E-state index in [-0.39, 0.29) is 0 Å². The average molecular weight is 260 g/mol. The third-order valence-electron chi connectivity index (χ3n) is 2.69. The molecule has 0 aliphatic carbocycles. The van der Waals surface area contributed by atoms with Gasteiger partial charge in [0.2, 0.25) is 0 Å². The minimum Gasteiger partial charge on any atom is -0.377 e. The highest BCUT2D eigenvalue weighted by molar-refractivity contribution is 5.37. The first kappa shape index (κ1) is 13.9. The first-order valence-electron chi connectivity index (χ1n) is 6.50. The zero-order valence-corrected chi connectivity index (χ0v) is 11.4. The van der Waals surface area contributed by atoms with Crippen molar-refractivity contribution >= 4 is 0 Å². The van der Waals surface area contributed by atoms with Crippen molar-refractivity contribution in [2.45, 2.75) is 18.9 Å². The van der Waals surface area contributed by atoms with Crippen LogP contribution in [0.3, 0.4) is 0 Å². The van der Waals surface area contributed by atoms with Crippen LogP contribution >= 0.6 is 0 Å². The number of hydrogen-bond acceptors (Lipinski definition) is 1. The number of aliphatic hydroxyl groups is 1. The molecule has 0 bridgehead atoms. The molecule has 0 heterocycles. The summed E-state index contributed by atoms with van der Waals surface area (Å²) in [5.41, 5.74) is 0.737. The first-order chi connectivity index (χ1) is 9.66. The maximum atomic E-state index is 10.2. The third kappa shape index (κ3) is 4.65. The molecule has 0 aliphatic rings. The fourth-order valence-electron chi connectivity index (χ4n) is 1.61. The Bertz CT molecular complexity index is 662. The van der Waals surface area contributed by atoms with Crippen molar-refractivity contribution in [3.05, 3.63) is 71.8 Å². The molecule has 0 aromatic heterocycles. The van der Waals surface area contributed by atoms with Gasteiger partial charge in [-0.05, 0) is 31.2 Å². The highest BCUT2D eigenvalue weighted by Crippen LogP contribution is 2.07. The molecule has 20 heavy (non-hydrogen) atoms. The van der Waals surface area contributed by atoms with Crippen molar-refractivity contribution < 1.29 is 5.11 Å². The minimum absolute atomic E-state index is 0.321. The molecule has 1 N–H and O–H groups in total.